The molecule has 2 aromatic rings. The molecule has 24 heavy (non-hydrogen) atoms. The SMILES string of the molecule is CNC1CCC(c2ccc(Cl)c(Cl)c2)c2ccc([S+](C)[O-])cc21.Cl. The third-order valence-corrected chi connectivity index (χ3v) is 6.24. The molecule has 1 aliphatic rings. The van der Waals surface area contributed by atoms with Crippen LogP contribution in [-0.2, 0) is 11.2 Å². The third-order valence-electron chi connectivity index (χ3n) is 4.58. The Labute approximate surface area is 162 Å². The van der Waals surface area contributed by atoms with Crippen LogP contribution in [0.3, 0.4) is 0 Å². The zero-order valence-electron chi connectivity index (χ0n) is 13.5. The molecule has 3 rings (SSSR count). The Morgan fingerprint density at radius 3 is 2.42 bits per heavy atom. The Hall–Kier alpha value is -0.420. The van der Waals surface area contributed by atoms with E-state index in [4.69, 9.17) is 23.2 Å². The summed E-state index contributed by atoms with van der Waals surface area (Å²) in [6.07, 6.45) is 3.80. The highest BCUT2D eigenvalue weighted by Crippen LogP contribution is 2.43. The maximum atomic E-state index is 11.8. The van der Waals surface area contributed by atoms with Gasteiger partial charge in [-0.1, -0.05) is 35.3 Å². The van der Waals surface area contributed by atoms with Gasteiger partial charge in [0.2, 0.25) is 0 Å². The average Bonchev–Trinajstić information content (AvgIpc) is 2.55. The number of hydrogen-bond acceptors (Lipinski definition) is 2. The first-order valence-electron chi connectivity index (χ1n) is 7.60. The lowest BCUT2D eigenvalue weighted by Crippen LogP contribution is -2.24. The lowest BCUT2D eigenvalue weighted by Gasteiger charge is -2.32. The van der Waals surface area contributed by atoms with Gasteiger partial charge >= 0.3 is 0 Å². The van der Waals surface area contributed by atoms with Crippen molar-refractivity contribution < 1.29 is 4.55 Å². The van der Waals surface area contributed by atoms with E-state index < -0.39 is 11.2 Å². The van der Waals surface area contributed by atoms with Gasteiger partial charge in [-0.15, -0.1) is 12.4 Å². The van der Waals surface area contributed by atoms with E-state index in [1.807, 2.05) is 31.3 Å². The molecular formula is C18H20Cl3NOS. The van der Waals surface area contributed by atoms with E-state index in [0.717, 1.165) is 17.7 Å². The van der Waals surface area contributed by atoms with E-state index in [9.17, 15) is 4.55 Å². The van der Waals surface area contributed by atoms with Gasteiger partial charge in [0.25, 0.3) is 0 Å². The van der Waals surface area contributed by atoms with Crippen LogP contribution in [0.1, 0.15) is 41.5 Å². The molecule has 0 bridgehead atoms. The van der Waals surface area contributed by atoms with Gasteiger partial charge in [-0.25, -0.2) is 0 Å². The van der Waals surface area contributed by atoms with Crippen molar-refractivity contribution in [2.45, 2.75) is 29.7 Å². The van der Waals surface area contributed by atoms with E-state index in [0.29, 0.717) is 22.0 Å². The average molecular weight is 405 g/mol. The molecule has 6 heteroatoms. The first kappa shape index (κ1) is 19.9. The van der Waals surface area contributed by atoms with Gasteiger partial charge in [0.05, 0.1) is 10.0 Å². The Balaban J connectivity index is 0.00000208. The smallest absolute Gasteiger partial charge is 0.152 e. The molecule has 0 saturated carbocycles. The minimum absolute atomic E-state index is 0. The predicted molar refractivity (Wildman–Crippen MR) is 105 cm³/mol. The zero-order chi connectivity index (χ0) is 16.6. The molecule has 0 amide bonds. The summed E-state index contributed by atoms with van der Waals surface area (Å²) in [7, 11) is 1.98. The van der Waals surface area contributed by atoms with Crippen LogP contribution in [0.4, 0.5) is 0 Å². The fourth-order valence-electron chi connectivity index (χ4n) is 3.37. The second kappa shape index (κ2) is 8.31. The molecule has 0 heterocycles. The first-order valence-corrected chi connectivity index (χ1v) is 9.92. The van der Waals surface area contributed by atoms with Crippen molar-refractivity contribution >= 4 is 46.8 Å². The fourth-order valence-corrected chi connectivity index (χ4v) is 4.23. The van der Waals surface area contributed by atoms with E-state index >= 15 is 0 Å². The van der Waals surface area contributed by atoms with Gasteiger partial charge in [0.1, 0.15) is 6.26 Å². The molecule has 0 aliphatic heterocycles. The number of benzene rings is 2. The Kier molecular flexibility index (Phi) is 6.89. The monoisotopic (exact) mass is 403 g/mol. The van der Waals surface area contributed by atoms with E-state index in [-0.39, 0.29) is 12.4 Å². The summed E-state index contributed by atoms with van der Waals surface area (Å²) in [6, 6.07) is 12.3. The van der Waals surface area contributed by atoms with Gasteiger partial charge < -0.3 is 9.87 Å². The normalized spacial score (nSPS) is 20.9. The number of rotatable bonds is 3. The van der Waals surface area contributed by atoms with E-state index in [1.54, 1.807) is 6.26 Å². The van der Waals surface area contributed by atoms with Gasteiger partial charge in [-0.2, -0.15) is 0 Å². The summed E-state index contributed by atoms with van der Waals surface area (Å²) >= 11 is 11.3. The molecular weight excluding hydrogens is 385 g/mol. The molecule has 0 saturated heterocycles. The van der Waals surface area contributed by atoms with Crippen LogP contribution in [0, 0.1) is 0 Å². The van der Waals surface area contributed by atoms with Gasteiger partial charge in [0, 0.05) is 12.0 Å². The number of nitrogens with one attached hydrogen (secondary N) is 1. The molecule has 0 spiro atoms. The van der Waals surface area contributed by atoms with Crippen molar-refractivity contribution in [3.63, 3.8) is 0 Å². The van der Waals surface area contributed by atoms with Crippen molar-refractivity contribution in [1.29, 1.82) is 0 Å². The van der Waals surface area contributed by atoms with Crippen LogP contribution in [0.15, 0.2) is 41.3 Å². The Morgan fingerprint density at radius 2 is 1.79 bits per heavy atom. The van der Waals surface area contributed by atoms with Crippen LogP contribution in [0.2, 0.25) is 10.0 Å². The molecule has 1 N–H and O–H groups in total. The molecule has 1 aliphatic carbocycles. The summed E-state index contributed by atoms with van der Waals surface area (Å²) in [5, 5.41) is 4.54. The quantitative estimate of drug-likeness (QED) is 0.701. The highest BCUT2D eigenvalue weighted by atomic mass is 35.5. The van der Waals surface area contributed by atoms with Crippen LogP contribution < -0.4 is 5.32 Å². The minimum Gasteiger partial charge on any atom is -0.612 e. The van der Waals surface area contributed by atoms with Crippen molar-refractivity contribution in [2.24, 2.45) is 0 Å². The van der Waals surface area contributed by atoms with Crippen LogP contribution in [-0.4, -0.2) is 17.9 Å². The summed E-state index contributed by atoms with van der Waals surface area (Å²) in [5.41, 5.74) is 3.70. The highest BCUT2D eigenvalue weighted by Gasteiger charge is 2.29. The van der Waals surface area contributed by atoms with Crippen molar-refractivity contribution in [3.05, 3.63) is 63.1 Å². The lowest BCUT2D eigenvalue weighted by atomic mass is 9.77. The topological polar surface area (TPSA) is 35.1 Å². The van der Waals surface area contributed by atoms with Gasteiger partial charge in [0.15, 0.2) is 4.90 Å². The molecule has 0 fully saturated rings. The van der Waals surface area contributed by atoms with Crippen molar-refractivity contribution in [1.82, 2.24) is 5.32 Å². The molecule has 3 atom stereocenters. The molecule has 3 unspecified atom stereocenters. The lowest BCUT2D eigenvalue weighted by molar-refractivity contribution is 0.469. The predicted octanol–water partition coefficient (Wildman–Crippen LogP) is 5.34. The molecule has 2 nitrogen and oxygen atoms in total. The van der Waals surface area contributed by atoms with Gasteiger partial charge in [-0.3, -0.25) is 0 Å². The standard InChI is InChI=1S/C18H19Cl2NOS.ClH/c1-21-18-8-6-13(11-3-7-16(19)17(20)9-11)14-5-4-12(23(2)22)10-15(14)18;/h3-5,7,9-10,13,18,21H,6,8H2,1-2H3;1H. The number of hydrogen-bond donors (Lipinski definition) is 1. The van der Waals surface area contributed by atoms with Crippen molar-refractivity contribution in [3.8, 4) is 0 Å². The molecule has 2 aromatic carbocycles. The van der Waals surface area contributed by atoms with E-state index in [2.05, 4.69) is 17.4 Å². The maximum Gasteiger partial charge on any atom is 0.152 e. The summed E-state index contributed by atoms with van der Waals surface area (Å²) in [6.45, 7) is 0. The second-order valence-electron chi connectivity index (χ2n) is 5.89. The molecule has 130 valence electrons. The van der Waals surface area contributed by atoms with Crippen LogP contribution >= 0.6 is 35.6 Å². The van der Waals surface area contributed by atoms with Crippen molar-refractivity contribution in [2.75, 3.05) is 13.3 Å². The first-order chi connectivity index (χ1) is 11.0. The van der Waals surface area contributed by atoms with Crippen LogP contribution in [0.5, 0.6) is 0 Å². The molecule has 0 aromatic heterocycles. The largest absolute Gasteiger partial charge is 0.612 e. The second-order valence-corrected chi connectivity index (χ2v) is 8.08. The number of halogens is 3. The minimum atomic E-state index is -0.973. The number of fused-ring (bicyclic) bond motifs is 1. The molecule has 0 radical (unpaired) electrons. The summed E-state index contributed by atoms with van der Waals surface area (Å²) in [4.78, 5) is 0.874. The summed E-state index contributed by atoms with van der Waals surface area (Å²) in [5.74, 6) is 0.295. The highest BCUT2D eigenvalue weighted by molar-refractivity contribution is 7.90. The third kappa shape index (κ3) is 3.87. The van der Waals surface area contributed by atoms with E-state index in [1.165, 1.54) is 16.7 Å². The fraction of sp³-hybridized carbons (Fsp3) is 0.333. The Morgan fingerprint density at radius 1 is 1.04 bits per heavy atom. The van der Waals surface area contributed by atoms with Crippen LogP contribution in [0.25, 0.3) is 0 Å². The maximum absolute atomic E-state index is 11.8. The van der Waals surface area contributed by atoms with Gasteiger partial charge in [-0.05, 0) is 72.0 Å². The zero-order valence-corrected chi connectivity index (χ0v) is 16.7. The summed E-state index contributed by atoms with van der Waals surface area (Å²) < 4.78 is 11.8. The Bertz CT molecular complexity index is 723.